The molecule has 0 saturated carbocycles. The largest absolute Gasteiger partial charge is 0.345 e. The van der Waals surface area contributed by atoms with Gasteiger partial charge >= 0.3 is 0 Å². The Morgan fingerprint density at radius 3 is 2.72 bits per heavy atom. The van der Waals surface area contributed by atoms with E-state index in [0.29, 0.717) is 42.8 Å². The first kappa shape index (κ1) is 17.1. The van der Waals surface area contributed by atoms with Crippen LogP contribution in [0.4, 0.5) is 0 Å². The number of hydrogen-bond acceptors (Lipinski definition) is 7. The van der Waals surface area contributed by atoms with Crippen LogP contribution < -0.4 is 10.1 Å². The van der Waals surface area contributed by atoms with Crippen molar-refractivity contribution in [2.45, 2.75) is 4.90 Å². The first-order valence-corrected chi connectivity index (χ1v) is 8.99. The minimum absolute atomic E-state index is 0.0405. The molecule has 1 saturated heterocycles. The highest BCUT2D eigenvalue weighted by atomic mass is 32.2. The number of hydrogen-bond donors (Lipinski definition) is 3. The summed E-state index contributed by atoms with van der Waals surface area (Å²) >= 11 is 0. The maximum absolute atomic E-state index is 12.8. The van der Waals surface area contributed by atoms with E-state index < -0.39 is 10.0 Å². The number of nitriles is 2. The van der Waals surface area contributed by atoms with Gasteiger partial charge in [-0.15, -0.1) is 4.83 Å². The van der Waals surface area contributed by atoms with E-state index in [-0.39, 0.29) is 10.5 Å². The SMILES string of the molecule is N#CC(C#N)=Cc1c[nH]c2nccc(S(=O)(=O)NN3CCNCC3)c12. The summed E-state index contributed by atoms with van der Waals surface area (Å²) in [4.78, 5) is 9.60. The molecule has 128 valence electrons. The van der Waals surface area contributed by atoms with Crippen molar-refractivity contribution in [3.05, 3.63) is 29.6 Å². The number of nitrogens with one attached hydrogen (secondary N) is 3. The fraction of sp³-hybridized carbons (Fsp3) is 0.267. The van der Waals surface area contributed by atoms with Crippen molar-refractivity contribution in [1.82, 2.24) is 25.1 Å². The summed E-state index contributed by atoms with van der Waals surface area (Å²) in [5.41, 5.74) is 0.662. The average molecular weight is 357 g/mol. The Kier molecular flexibility index (Phi) is 4.79. The monoisotopic (exact) mass is 357 g/mol. The number of allylic oxidation sites excluding steroid dienone is 1. The number of aromatic amines is 1. The Hall–Kier alpha value is -2.76. The van der Waals surface area contributed by atoms with Crippen molar-refractivity contribution in [2.75, 3.05) is 26.2 Å². The van der Waals surface area contributed by atoms with Crippen molar-refractivity contribution < 1.29 is 8.42 Å². The predicted molar refractivity (Wildman–Crippen MR) is 90.1 cm³/mol. The Bertz CT molecular complexity index is 989. The van der Waals surface area contributed by atoms with E-state index >= 15 is 0 Å². The summed E-state index contributed by atoms with van der Waals surface area (Å²) in [6.45, 7) is 2.50. The zero-order valence-corrected chi connectivity index (χ0v) is 14.0. The van der Waals surface area contributed by atoms with E-state index in [9.17, 15) is 8.42 Å². The van der Waals surface area contributed by atoms with Crippen LogP contribution in [0.3, 0.4) is 0 Å². The minimum atomic E-state index is -3.84. The van der Waals surface area contributed by atoms with Gasteiger partial charge in [0.2, 0.25) is 0 Å². The van der Waals surface area contributed by atoms with Crippen LogP contribution >= 0.6 is 0 Å². The van der Waals surface area contributed by atoms with E-state index in [1.54, 1.807) is 17.1 Å². The molecule has 3 rings (SSSR count). The second-order valence-electron chi connectivity index (χ2n) is 5.39. The van der Waals surface area contributed by atoms with Crippen LogP contribution in [0.1, 0.15) is 5.56 Å². The second-order valence-corrected chi connectivity index (χ2v) is 7.02. The molecule has 0 radical (unpaired) electrons. The number of hydrazine groups is 1. The van der Waals surface area contributed by atoms with Crippen LogP contribution in [0.5, 0.6) is 0 Å². The van der Waals surface area contributed by atoms with E-state index in [1.165, 1.54) is 24.5 Å². The summed E-state index contributed by atoms with van der Waals surface area (Å²) in [6, 6.07) is 4.93. The van der Waals surface area contributed by atoms with Gasteiger partial charge in [0.25, 0.3) is 10.0 Å². The van der Waals surface area contributed by atoms with E-state index in [2.05, 4.69) is 20.1 Å². The Labute approximate surface area is 144 Å². The first-order chi connectivity index (χ1) is 12.0. The third kappa shape index (κ3) is 3.52. The molecule has 1 fully saturated rings. The third-order valence-electron chi connectivity index (χ3n) is 3.76. The highest BCUT2D eigenvalue weighted by Gasteiger charge is 2.24. The molecule has 0 atom stereocenters. The lowest BCUT2D eigenvalue weighted by Crippen LogP contribution is -2.52. The van der Waals surface area contributed by atoms with Crippen molar-refractivity contribution in [3.8, 4) is 12.1 Å². The highest BCUT2D eigenvalue weighted by molar-refractivity contribution is 7.89. The lowest BCUT2D eigenvalue weighted by Gasteiger charge is -2.27. The Morgan fingerprint density at radius 2 is 2.04 bits per heavy atom. The van der Waals surface area contributed by atoms with Gasteiger partial charge in [-0.25, -0.2) is 18.4 Å². The zero-order chi connectivity index (χ0) is 17.9. The summed E-state index contributed by atoms with van der Waals surface area (Å²) in [5, 5.41) is 23.0. The zero-order valence-electron chi connectivity index (χ0n) is 13.2. The molecule has 0 spiro atoms. The summed E-state index contributed by atoms with van der Waals surface area (Å²) in [5.74, 6) is 0. The van der Waals surface area contributed by atoms with Gasteiger partial charge in [-0.05, 0) is 12.1 Å². The number of aromatic nitrogens is 2. The van der Waals surface area contributed by atoms with Gasteiger partial charge in [0.05, 0.1) is 4.90 Å². The van der Waals surface area contributed by atoms with Crippen LogP contribution in [-0.2, 0) is 10.0 Å². The van der Waals surface area contributed by atoms with E-state index in [4.69, 9.17) is 10.5 Å². The number of pyridine rings is 1. The molecule has 10 heteroatoms. The lowest BCUT2D eigenvalue weighted by molar-refractivity contribution is 0.211. The summed E-state index contributed by atoms with van der Waals surface area (Å²) in [7, 11) is -3.84. The quantitative estimate of drug-likeness (QED) is 0.659. The van der Waals surface area contributed by atoms with Crippen molar-refractivity contribution in [3.63, 3.8) is 0 Å². The van der Waals surface area contributed by atoms with E-state index in [0.717, 1.165) is 0 Å². The molecule has 0 unspecified atom stereocenters. The normalized spacial score (nSPS) is 15.4. The van der Waals surface area contributed by atoms with Crippen molar-refractivity contribution in [2.24, 2.45) is 0 Å². The number of H-pyrrole nitrogens is 1. The standard InChI is InChI=1S/C15H15N7O2S/c16-8-11(9-17)7-12-10-20-15-14(12)13(1-2-19-15)25(23,24)21-22-5-3-18-4-6-22/h1-2,7,10,18,21H,3-6H2,(H,19,20). The molecule has 0 amide bonds. The van der Waals surface area contributed by atoms with Crippen LogP contribution in [0.15, 0.2) is 28.9 Å². The minimum Gasteiger partial charge on any atom is -0.345 e. The van der Waals surface area contributed by atoms with Gasteiger partial charge in [0.1, 0.15) is 23.4 Å². The molecule has 3 N–H and O–H groups in total. The average Bonchev–Trinajstić information content (AvgIpc) is 3.03. The molecular formula is C15H15N7O2S. The van der Waals surface area contributed by atoms with Crippen LogP contribution in [0.2, 0.25) is 0 Å². The smallest absolute Gasteiger partial charge is 0.254 e. The Morgan fingerprint density at radius 1 is 1.32 bits per heavy atom. The molecule has 0 bridgehead atoms. The highest BCUT2D eigenvalue weighted by Crippen LogP contribution is 2.26. The van der Waals surface area contributed by atoms with Crippen molar-refractivity contribution in [1.29, 1.82) is 10.5 Å². The summed E-state index contributed by atoms with van der Waals surface area (Å²) in [6.07, 6.45) is 4.26. The number of piperazine rings is 1. The fourth-order valence-corrected chi connectivity index (χ4v) is 3.95. The topological polar surface area (TPSA) is 138 Å². The number of fused-ring (bicyclic) bond motifs is 1. The molecule has 2 aromatic heterocycles. The first-order valence-electron chi connectivity index (χ1n) is 7.51. The van der Waals surface area contributed by atoms with Gasteiger partial charge in [-0.3, -0.25) is 0 Å². The van der Waals surface area contributed by atoms with Gasteiger partial charge in [0, 0.05) is 49.5 Å². The van der Waals surface area contributed by atoms with Crippen molar-refractivity contribution >= 4 is 27.1 Å². The lowest BCUT2D eigenvalue weighted by atomic mass is 10.1. The summed E-state index contributed by atoms with van der Waals surface area (Å²) < 4.78 is 25.6. The van der Waals surface area contributed by atoms with E-state index in [1.807, 2.05) is 0 Å². The fourth-order valence-electron chi connectivity index (χ4n) is 2.61. The predicted octanol–water partition coefficient (Wildman–Crippen LogP) is 0.0920. The molecule has 9 nitrogen and oxygen atoms in total. The van der Waals surface area contributed by atoms with Crippen LogP contribution in [0, 0.1) is 22.7 Å². The third-order valence-corrected chi connectivity index (χ3v) is 5.18. The Balaban J connectivity index is 2.07. The molecular weight excluding hydrogens is 342 g/mol. The number of sulfonamides is 1. The molecule has 0 aromatic carbocycles. The molecule has 0 aliphatic carbocycles. The maximum Gasteiger partial charge on any atom is 0.254 e. The van der Waals surface area contributed by atoms with Gasteiger partial charge in [-0.2, -0.15) is 10.5 Å². The van der Waals surface area contributed by atoms with Crippen LogP contribution in [-0.4, -0.2) is 49.6 Å². The molecule has 1 aliphatic rings. The number of nitrogens with zero attached hydrogens (tertiary/aromatic N) is 4. The maximum atomic E-state index is 12.8. The van der Waals surface area contributed by atoms with Gasteiger partial charge < -0.3 is 10.3 Å². The van der Waals surface area contributed by atoms with Gasteiger partial charge in [-0.1, -0.05) is 0 Å². The number of rotatable bonds is 4. The molecule has 2 aromatic rings. The van der Waals surface area contributed by atoms with Crippen LogP contribution in [0.25, 0.3) is 17.1 Å². The molecule has 1 aliphatic heterocycles. The molecule has 3 heterocycles. The molecule has 25 heavy (non-hydrogen) atoms. The second kappa shape index (κ2) is 7.01. The van der Waals surface area contributed by atoms with Gasteiger partial charge in [0.15, 0.2) is 0 Å².